The van der Waals surface area contributed by atoms with Gasteiger partial charge in [0.15, 0.2) is 6.19 Å². The molecule has 1 fully saturated rings. The van der Waals surface area contributed by atoms with Crippen LogP contribution in [0.15, 0.2) is 24.3 Å². The third-order valence-electron chi connectivity index (χ3n) is 4.60. The number of aryl methyl sites for hydroxylation is 1. The van der Waals surface area contributed by atoms with E-state index in [0.29, 0.717) is 18.9 Å². The molecule has 1 aromatic carbocycles. The Kier molecular flexibility index (Phi) is 6.00. The number of amides is 1. The zero-order chi connectivity index (χ0) is 16.8. The van der Waals surface area contributed by atoms with Gasteiger partial charge in [0.1, 0.15) is 0 Å². The monoisotopic (exact) mass is 314 g/mol. The van der Waals surface area contributed by atoms with Gasteiger partial charge in [0.2, 0.25) is 5.91 Å². The molecule has 0 aromatic heterocycles. The summed E-state index contributed by atoms with van der Waals surface area (Å²) in [6.45, 7) is 6.17. The third kappa shape index (κ3) is 4.70. The van der Waals surface area contributed by atoms with Gasteiger partial charge >= 0.3 is 0 Å². The lowest BCUT2D eigenvalue weighted by Crippen LogP contribution is -2.35. The fraction of sp³-hybridized carbons (Fsp3) is 0.556. The average Bonchev–Trinajstić information content (AvgIpc) is 3.01. The predicted octanol–water partition coefficient (Wildman–Crippen LogP) is 1.94. The van der Waals surface area contributed by atoms with Gasteiger partial charge in [-0.05, 0) is 31.2 Å². The summed E-state index contributed by atoms with van der Waals surface area (Å²) in [5.41, 5.74) is 8.54. The average molecular weight is 314 g/mol. The van der Waals surface area contributed by atoms with E-state index in [4.69, 9.17) is 11.0 Å². The molecule has 5 heteroatoms. The molecule has 2 rings (SSSR count). The molecule has 1 aliphatic rings. The summed E-state index contributed by atoms with van der Waals surface area (Å²) in [6.07, 6.45) is 3.55. The maximum Gasteiger partial charge on any atom is 0.225 e. The highest BCUT2D eigenvalue weighted by atomic mass is 16.2. The van der Waals surface area contributed by atoms with Crippen molar-refractivity contribution in [2.24, 2.45) is 17.6 Å². The van der Waals surface area contributed by atoms with E-state index < -0.39 is 0 Å². The number of hydrogen-bond acceptors (Lipinski definition) is 4. The Morgan fingerprint density at radius 3 is 2.83 bits per heavy atom. The van der Waals surface area contributed by atoms with E-state index in [-0.39, 0.29) is 17.9 Å². The van der Waals surface area contributed by atoms with E-state index in [1.807, 2.05) is 37.1 Å². The van der Waals surface area contributed by atoms with Crippen LogP contribution in [0.4, 0.5) is 0 Å². The fourth-order valence-electron chi connectivity index (χ4n) is 3.13. The van der Waals surface area contributed by atoms with Crippen molar-refractivity contribution in [2.75, 3.05) is 19.6 Å². The molecule has 0 aliphatic carbocycles. The van der Waals surface area contributed by atoms with Crippen molar-refractivity contribution in [3.05, 3.63) is 35.4 Å². The number of carbonyl (C=O) groups is 1. The molecule has 3 N–H and O–H groups in total. The number of rotatable bonds is 6. The van der Waals surface area contributed by atoms with Crippen molar-refractivity contribution in [1.82, 2.24) is 10.2 Å². The third-order valence-corrected chi connectivity index (χ3v) is 4.60. The quantitative estimate of drug-likeness (QED) is 0.621. The van der Waals surface area contributed by atoms with Gasteiger partial charge in [0.25, 0.3) is 0 Å². The molecule has 23 heavy (non-hydrogen) atoms. The van der Waals surface area contributed by atoms with Gasteiger partial charge in [-0.2, -0.15) is 5.26 Å². The van der Waals surface area contributed by atoms with Crippen LogP contribution >= 0.6 is 0 Å². The maximum absolute atomic E-state index is 12.6. The van der Waals surface area contributed by atoms with Crippen molar-refractivity contribution in [2.45, 2.75) is 32.7 Å². The van der Waals surface area contributed by atoms with Gasteiger partial charge in [-0.1, -0.05) is 36.8 Å². The molecular weight excluding hydrogens is 288 g/mol. The van der Waals surface area contributed by atoms with Gasteiger partial charge in [-0.3, -0.25) is 4.79 Å². The zero-order valence-electron chi connectivity index (χ0n) is 14.0. The molecular formula is C18H26N4O. The molecule has 1 aromatic rings. The predicted molar refractivity (Wildman–Crippen MR) is 90.2 cm³/mol. The van der Waals surface area contributed by atoms with E-state index in [0.717, 1.165) is 25.1 Å². The van der Waals surface area contributed by atoms with Crippen LogP contribution in [0.1, 0.15) is 36.9 Å². The normalized spacial score (nSPS) is 19.9. The Morgan fingerprint density at radius 2 is 2.17 bits per heavy atom. The Morgan fingerprint density at radius 1 is 1.48 bits per heavy atom. The summed E-state index contributed by atoms with van der Waals surface area (Å²) in [4.78, 5) is 14.5. The summed E-state index contributed by atoms with van der Waals surface area (Å²) >= 11 is 0. The second-order valence-corrected chi connectivity index (χ2v) is 6.59. The Hall–Kier alpha value is -2.06. The Bertz CT molecular complexity index is 563. The second-order valence-electron chi connectivity index (χ2n) is 6.59. The number of likely N-dealkylation sites (tertiary alicyclic amines) is 1. The molecule has 0 radical (unpaired) electrons. The number of carbonyl (C=O) groups excluding carboxylic acids is 1. The lowest BCUT2D eigenvalue weighted by Gasteiger charge is -2.23. The van der Waals surface area contributed by atoms with Crippen molar-refractivity contribution in [3.63, 3.8) is 0 Å². The van der Waals surface area contributed by atoms with Gasteiger partial charge < -0.3 is 16.0 Å². The lowest BCUT2D eigenvalue weighted by atomic mass is 9.95. The molecule has 5 nitrogen and oxygen atoms in total. The Labute approximate surface area is 138 Å². The first kappa shape index (κ1) is 17.3. The van der Waals surface area contributed by atoms with Gasteiger partial charge in [-0.25, -0.2) is 0 Å². The van der Waals surface area contributed by atoms with Gasteiger partial charge in [-0.15, -0.1) is 0 Å². The van der Waals surface area contributed by atoms with Gasteiger partial charge in [0.05, 0.1) is 0 Å². The van der Waals surface area contributed by atoms with Crippen LogP contribution in [-0.2, 0) is 4.79 Å². The lowest BCUT2D eigenvalue weighted by molar-refractivity contribution is -0.134. The molecule has 0 bridgehead atoms. The molecule has 1 heterocycles. The topological polar surface area (TPSA) is 82.2 Å². The first-order valence-electron chi connectivity index (χ1n) is 8.24. The summed E-state index contributed by atoms with van der Waals surface area (Å²) in [5, 5.41) is 11.2. The summed E-state index contributed by atoms with van der Waals surface area (Å²) in [5.74, 6) is 0.456. The molecule has 124 valence electrons. The van der Waals surface area contributed by atoms with Crippen LogP contribution < -0.4 is 11.1 Å². The van der Waals surface area contributed by atoms with E-state index in [1.165, 1.54) is 5.56 Å². The van der Waals surface area contributed by atoms with E-state index >= 15 is 0 Å². The van der Waals surface area contributed by atoms with E-state index in [2.05, 4.69) is 17.4 Å². The molecule has 1 amide bonds. The number of nitriles is 1. The minimum absolute atomic E-state index is 0.0889. The molecule has 1 saturated heterocycles. The van der Waals surface area contributed by atoms with Crippen LogP contribution in [0.3, 0.4) is 0 Å². The fourth-order valence-corrected chi connectivity index (χ4v) is 3.13. The number of nitrogens with two attached hydrogens (primary N) is 1. The smallest absolute Gasteiger partial charge is 0.225 e. The summed E-state index contributed by atoms with van der Waals surface area (Å²) < 4.78 is 0. The van der Waals surface area contributed by atoms with Crippen molar-refractivity contribution in [3.8, 4) is 6.19 Å². The van der Waals surface area contributed by atoms with Crippen LogP contribution in [0.2, 0.25) is 0 Å². The molecule has 0 saturated carbocycles. The number of nitrogens with zero attached hydrogens (tertiary/aromatic N) is 2. The highest BCUT2D eigenvalue weighted by Crippen LogP contribution is 2.23. The van der Waals surface area contributed by atoms with Crippen LogP contribution in [-0.4, -0.2) is 30.4 Å². The highest BCUT2D eigenvalue weighted by molar-refractivity contribution is 5.78. The molecule has 0 spiro atoms. The Balaban J connectivity index is 1.85. The number of nitrogens with one attached hydrogen (secondary N) is 1. The molecule has 1 aliphatic heterocycles. The number of hydrogen-bond donors (Lipinski definition) is 2. The van der Waals surface area contributed by atoms with E-state index in [1.54, 1.807) is 0 Å². The summed E-state index contributed by atoms with van der Waals surface area (Å²) in [6, 6.07) is 8.06. The largest absolute Gasteiger partial charge is 0.342 e. The van der Waals surface area contributed by atoms with Crippen molar-refractivity contribution in [1.29, 1.82) is 5.26 Å². The van der Waals surface area contributed by atoms with Crippen LogP contribution in [0.5, 0.6) is 0 Å². The van der Waals surface area contributed by atoms with Crippen LogP contribution in [0.25, 0.3) is 0 Å². The number of benzene rings is 1. The van der Waals surface area contributed by atoms with Crippen molar-refractivity contribution < 1.29 is 4.79 Å². The summed E-state index contributed by atoms with van der Waals surface area (Å²) in [7, 11) is 0. The first-order chi connectivity index (χ1) is 11.0. The molecule has 2 unspecified atom stereocenters. The molecule has 3 atom stereocenters. The van der Waals surface area contributed by atoms with Crippen LogP contribution in [0, 0.1) is 30.2 Å². The minimum Gasteiger partial charge on any atom is -0.342 e. The maximum atomic E-state index is 12.6. The minimum atomic E-state index is -0.117. The highest BCUT2D eigenvalue weighted by Gasteiger charge is 2.29. The first-order valence-corrected chi connectivity index (χ1v) is 8.24. The zero-order valence-corrected chi connectivity index (χ0v) is 14.0. The standard InChI is InChI=1S/C18H26N4O/c1-13-3-5-16(6-4-13)17(20)9-14(2)18(23)22-8-7-15(11-22)10-21-12-19/h3-6,14-15,17,21H,7-11,20H2,1-2H3/t14?,15-,17?/m1/s1. The second kappa shape index (κ2) is 7.98. The van der Waals surface area contributed by atoms with Crippen molar-refractivity contribution >= 4 is 5.91 Å². The van der Waals surface area contributed by atoms with E-state index in [9.17, 15) is 4.79 Å². The van der Waals surface area contributed by atoms with Gasteiger partial charge in [0, 0.05) is 31.6 Å². The SMILES string of the molecule is Cc1ccc(C(N)CC(C)C(=O)N2CC[C@H](CNC#N)C2)cc1.